The van der Waals surface area contributed by atoms with Crippen LogP contribution in [0.3, 0.4) is 0 Å². The number of pyridine rings is 1. The van der Waals surface area contributed by atoms with E-state index in [9.17, 15) is 0 Å². The molecule has 0 radical (unpaired) electrons. The molecule has 2 saturated heterocycles. The summed E-state index contributed by atoms with van der Waals surface area (Å²) in [5, 5.41) is 4.13. The van der Waals surface area contributed by atoms with Gasteiger partial charge >= 0.3 is 0 Å². The first kappa shape index (κ1) is 18.5. The Morgan fingerprint density at radius 3 is 2.59 bits per heavy atom. The highest BCUT2D eigenvalue weighted by Gasteiger charge is 2.54. The van der Waals surface area contributed by atoms with E-state index < -0.39 is 0 Å². The van der Waals surface area contributed by atoms with Crippen LogP contribution in [0.2, 0.25) is 0 Å². The number of aryl methyl sites for hydroxylation is 1. The Hall–Kier alpha value is -2.57. The quantitative estimate of drug-likeness (QED) is 0.669. The number of hydrogen-bond donors (Lipinski definition) is 0. The number of hydrogen-bond acceptors (Lipinski definition) is 6. The molecule has 4 heterocycles. The summed E-state index contributed by atoms with van der Waals surface area (Å²) >= 11 is 0. The maximum absolute atomic E-state index is 5.78. The highest BCUT2D eigenvalue weighted by molar-refractivity contribution is 5.21. The van der Waals surface area contributed by atoms with Crippen molar-refractivity contribution in [1.82, 2.24) is 24.9 Å². The molecule has 0 N–H and O–H groups in total. The average molecular weight is 390 g/mol. The molecule has 150 valence electrons. The molecule has 0 aliphatic carbocycles. The first-order chi connectivity index (χ1) is 14.2. The molecular formula is C23H27N5O. The van der Waals surface area contributed by atoms with Gasteiger partial charge in [-0.15, -0.1) is 0 Å². The zero-order valence-electron chi connectivity index (χ0n) is 16.9. The number of benzene rings is 1. The fraction of sp³-hybridized carbons (Fsp3) is 0.435. The number of aromatic nitrogens is 3. The highest BCUT2D eigenvalue weighted by Crippen LogP contribution is 2.44. The molecule has 6 heteroatoms. The van der Waals surface area contributed by atoms with Crippen molar-refractivity contribution in [3.63, 3.8) is 0 Å². The molecule has 3 aromatic rings. The van der Waals surface area contributed by atoms with Gasteiger partial charge in [0.2, 0.25) is 5.89 Å². The molecule has 29 heavy (non-hydrogen) atoms. The predicted octanol–water partition coefficient (Wildman–Crippen LogP) is 3.05. The third-order valence-electron chi connectivity index (χ3n) is 6.40. The van der Waals surface area contributed by atoms with Gasteiger partial charge in [-0.3, -0.25) is 14.8 Å². The van der Waals surface area contributed by atoms with Crippen molar-refractivity contribution >= 4 is 0 Å². The second-order valence-corrected chi connectivity index (χ2v) is 8.52. The monoisotopic (exact) mass is 389 g/mol. The maximum atomic E-state index is 5.78. The van der Waals surface area contributed by atoms with Gasteiger partial charge < -0.3 is 4.52 Å². The number of likely N-dealkylation sites (tertiary alicyclic amines) is 2. The van der Waals surface area contributed by atoms with Crippen LogP contribution in [-0.2, 0) is 18.5 Å². The average Bonchev–Trinajstić information content (AvgIpc) is 3.33. The summed E-state index contributed by atoms with van der Waals surface area (Å²) in [5.41, 5.74) is 2.51. The molecular weight excluding hydrogens is 362 g/mol. The summed E-state index contributed by atoms with van der Waals surface area (Å²) in [7, 11) is 0. The zero-order chi connectivity index (χ0) is 19.7. The number of rotatable bonds is 5. The van der Waals surface area contributed by atoms with Gasteiger partial charge in [-0.05, 0) is 43.0 Å². The van der Waals surface area contributed by atoms with E-state index in [2.05, 4.69) is 56.3 Å². The molecule has 6 nitrogen and oxygen atoms in total. The highest BCUT2D eigenvalue weighted by atomic mass is 16.5. The molecule has 2 aliphatic rings. The SMILES string of the molecule is Cc1noc([C@]23CN(Cc4cccnc4)CC[C@H]2CN(Cc2ccccc2)C3)n1. The van der Waals surface area contributed by atoms with Crippen molar-refractivity contribution in [3.05, 3.63) is 77.7 Å². The fourth-order valence-corrected chi connectivity index (χ4v) is 5.10. The topological polar surface area (TPSA) is 58.3 Å². The van der Waals surface area contributed by atoms with Crippen LogP contribution < -0.4 is 0 Å². The first-order valence-corrected chi connectivity index (χ1v) is 10.4. The number of nitrogens with zero attached hydrogens (tertiary/aromatic N) is 5. The minimum absolute atomic E-state index is 0.101. The molecule has 2 aromatic heterocycles. The minimum atomic E-state index is -0.101. The van der Waals surface area contributed by atoms with Crippen molar-refractivity contribution in [3.8, 4) is 0 Å². The lowest BCUT2D eigenvalue weighted by molar-refractivity contribution is 0.0876. The largest absolute Gasteiger partial charge is 0.339 e. The molecule has 2 atom stereocenters. The molecule has 0 unspecified atom stereocenters. The van der Waals surface area contributed by atoms with Gasteiger partial charge in [-0.25, -0.2) is 0 Å². The van der Waals surface area contributed by atoms with Crippen molar-refractivity contribution in [1.29, 1.82) is 0 Å². The Morgan fingerprint density at radius 1 is 1.03 bits per heavy atom. The van der Waals surface area contributed by atoms with Crippen LogP contribution in [0.15, 0.2) is 59.4 Å². The van der Waals surface area contributed by atoms with Crippen molar-refractivity contribution in [2.75, 3.05) is 26.2 Å². The third kappa shape index (κ3) is 3.70. The summed E-state index contributed by atoms with van der Waals surface area (Å²) in [6, 6.07) is 14.9. The van der Waals surface area contributed by atoms with E-state index in [1.807, 2.05) is 25.4 Å². The molecule has 0 bridgehead atoms. The second-order valence-electron chi connectivity index (χ2n) is 8.52. The van der Waals surface area contributed by atoms with E-state index in [1.165, 1.54) is 11.1 Å². The lowest BCUT2D eigenvalue weighted by atomic mass is 9.73. The maximum Gasteiger partial charge on any atom is 0.235 e. The van der Waals surface area contributed by atoms with E-state index >= 15 is 0 Å². The summed E-state index contributed by atoms with van der Waals surface area (Å²) in [4.78, 5) is 14.1. The van der Waals surface area contributed by atoms with Crippen molar-refractivity contribution in [2.45, 2.75) is 31.8 Å². The first-order valence-electron chi connectivity index (χ1n) is 10.4. The van der Waals surface area contributed by atoms with Crippen LogP contribution in [0, 0.1) is 12.8 Å². The smallest absolute Gasteiger partial charge is 0.235 e. The van der Waals surface area contributed by atoms with E-state index in [4.69, 9.17) is 9.51 Å². The van der Waals surface area contributed by atoms with Gasteiger partial charge in [0.05, 0.1) is 5.41 Å². The lowest BCUT2D eigenvalue weighted by Gasteiger charge is -2.41. The Balaban J connectivity index is 1.40. The molecule has 2 aliphatic heterocycles. The van der Waals surface area contributed by atoms with Crippen LogP contribution in [0.4, 0.5) is 0 Å². The Bertz CT molecular complexity index is 905. The molecule has 1 aromatic carbocycles. The van der Waals surface area contributed by atoms with Crippen LogP contribution in [0.25, 0.3) is 0 Å². The van der Waals surface area contributed by atoms with Crippen LogP contribution in [0.5, 0.6) is 0 Å². The molecule has 0 spiro atoms. The van der Waals surface area contributed by atoms with Crippen LogP contribution in [-0.4, -0.2) is 51.1 Å². The van der Waals surface area contributed by atoms with Crippen molar-refractivity contribution in [2.24, 2.45) is 5.92 Å². The van der Waals surface area contributed by atoms with Gasteiger partial charge in [-0.1, -0.05) is 41.6 Å². The van der Waals surface area contributed by atoms with Gasteiger partial charge in [0.15, 0.2) is 5.82 Å². The summed E-state index contributed by atoms with van der Waals surface area (Å²) in [5.74, 6) is 2.07. The molecule has 0 saturated carbocycles. The Labute approximate surface area is 171 Å². The number of piperidine rings is 1. The van der Waals surface area contributed by atoms with Gasteiger partial charge in [0.1, 0.15) is 0 Å². The number of fused-ring (bicyclic) bond motifs is 1. The molecule has 2 fully saturated rings. The predicted molar refractivity (Wildman–Crippen MR) is 110 cm³/mol. The van der Waals surface area contributed by atoms with Gasteiger partial charge in [0, 0.05) is 45.1 Å². The summed E-state index contributed by atoms with van der Waals surface area (Å²) < 4.78 is 5.78. The van der Waals surface area contributed by atoms with Crippen LogP contribution in [0.1, 0.15) is 29.3 Å². The van der Waals surface area contributed by atoms with E-state index in [0.29, 0.717) is 5.92 Å². The summed E-state index contributed by atoms with van der Waals surface area (Å²) in [6.45, 7) is 7.86. The zero-order valence-corrected chi connectivity index (χ0v) is 16.9. The normalized spacial score (nSPS) is 25.2. The molecule has 5 rings (SSSR count). The fourth-order valence-electron chi connectivity index (χ4n) is 5.10. The Kier molecular flexibility index (Phi) is 4.89. The van der Waals surface area contributed by atoms with E-state index in [0.717, 1.165) is 57.4 Å². The third-order valence-corrected chi connectivity index (χ3v) is 6.40. The lowest BCUT2D eigenvalue weighted by Crippen LogP contribution is -2.51. The summed E-state index contributed by atoms with van der Waals surface area (Å²) in [6.07, 6.45) is 4.94. The van der Waals surface area contributed by atoms with E-state index in [1.54, 1.807) is 0 Å². The Morgan fingerprint density at radius 2 is 1.83 bits per heavy atom. The van der Waals surface area contributed by atoms with Gasteiger partial charge in [-0.2, -0.15) is 4.98 Å². The van der Waals surface area contributed by atoms with Crippen LogP contribution >= 0.6 is 0 Å². The van der Waals surface area contributed by atoms with Crippen molar-refractivity contribution < 1.29 is 4.52 Å². The standard InChI is InChI=1S/C23H27N5O/c1-18-25-22(29-26-18)23-16-27(14-20-8-5-10-24-12-20)11-9-21(23)15-28(17-23)13-19-6-3-2-4-7-19/h2-8,10,12,21H,9,11,13-17H2,1H3/t21-,23-/m0/s1. The molecule has 0 amide bonds. The van der Waals surface area contributed by atoms with E-state index in [-0.39, 0.29) is 5.41 Å². The minimum Gasteiger partial charge on any atom is -0.339 e. The second kappa shape index (κ2) is 7.69. The van der Waals surface area contributed by atoms with Gasteiger partial charge in [0.25, 0.3) is 0 Å².